The van der Waals surface area contributed by atoms with Crippen molar-refractivity contribution in [3.8, 4) is 11.1 Å². The average molecular weight is 310 g/mol. The minimum absolute atomic E-state index is 0.0373. The van der Waals surface area contributed by atoms with Crippen LogP contribution in [0.15, 0.2) is 54.6 Å². The highest BCUT2D eigenvalue weighted by atomic mass is 16.5. The van der Waals surface area contributed by atoms with E-state index in [1.54, 1.807) is 0 Å². The van der Waals surface area contributed by atoms with Crippen molar-refractivity contribution in [2.45, 2.75) is 40.0 Å². The van der Waals surface area contributed by atoms with Crippen molar-refractivity contribution in [3.05, 3.63) is 60.2 Å². The second-order valence-electron chi connectivity index (χ2n) is 6.71. The molecule has 0 fully saturated rings. The SMILES string of the molecule is CCOC(=O)CC(C)(C)CCc1ccc(-c2ccccc2)cc1. The van der Waals surface area contributed by atoms with E-state index in [-0.39, 0.29) is 11.4 Å². The van der Waals surface area contributed by atoms with Crippen molar-refractivity contribution in [1.82, 2.24) is 0 Å². The minimum Gasteiger partial charge on any atom is -0.466 e. The molecule has 0 heterocycles. The van der Waals surface area contributed by atoms with Crippen molar-refractivity contribution >= 4 is 5.97 Å². The van der Waals surface area contributed by atoms with Gasteiger partial charge in [-0.2, -0.15) is 0 Å². The third kappa shape index (κ3) is 5.55. The van der Waals surface area contributed by atoms with E-state index < -0.39 is 0 Å². The second-order valence-corrected chi connectivity index (χ2v) is 6.71. The molecule has 122 valence electrons. The molecule has 0 atom stereocenters. The van der Waals surface area contributed by atoms with E-state index in [2.05, 4.69) is 62.4 Å². The summed E-state index contributed by atoms with van der Waals surface area (Å²) in [5, 5.41) is 0. The summed E-state index contributed by atoms with van der Waals surface area (Å²) >= 11 is 0. The van der Waals surface area contributed by atoms with Gasteiger partial charge in [-0.25, -0.2) is 0 Å². The summed E-state index contributed by atoms with van der Waals surface area (Å²) < 4.78 is 5.06. The number of rotatable bonds is 7. The number of ether oxygens (including phenoxy) is 1. The van der Waals surface area contributed by atoms with Crippen LogP contribution in [0.25, 0.3) is 11.1 Å². The van der Waals surface area contributed by atoms with Crippen LogP contribution in [0, 0.1) is 5.41 Å². The van der Waals surface area contributed by atoms with Gasteiger partial charge in [0.2, 0.25) is 0 Å². The van der Waals surface area contributed by atoms with Crippen molar-refractivity contribution < 1.29 is 9.53 Å². The molecule has 0 spiro atoms. The Bertz CT molecular complexity index is 612. The van der Waals surface area contributed by atoms with Gasteiger partial charge in [-0.3, -0.25) is 4.79 Å². The molecular formula is C21H26O2. The van der Waals surface area contributed by atoms with Gasteiger partial charge >= 0.3 is 5.97 Å². The Morgan fingerprint density at radius 2 is 1.57 bits per heavy atom. The fourth-order valence-electron chi connectivity index (χ4n) is 2.67. The van der Waals surface area contributed by atoms with Crippen molar-refractivity contribution in [1.29, 1.82) is 0 Å². The number of benzene rings is 2. The van der Waals surface area contributed by atoms with Gasteiger partial charge in [0, 0.05) is 0 Å². The van der Waals surface area contributed by atoms with Gasteiger partial charge in [-0.05, 0) is 41.9 Å². The number of carbonyl (C=O) groups is 1. The lowest BCUT2D eigenvalue weighted by Crippen LogP contribution is -2.19. The number of carbonyl (C=O) groups excluding carboxylic acids is 1. The third-order valence-corrected chi connectivity index (χ3v) is 4.08. The van der Waals surface area contributed by atoms with Crippen LogP contribution in [-0.4, -0.2) is 12.6 Å². The summed E-state index contributed by atoms with van der Waals surface area (Å²) in [6.07, 6.45) is 2.42. The molecular weight excluding hydrogens is 284 g/mol. The first-order valence-electron chi connectivity index (χ1n) is 8.30. The Morgan fingerprint density at radius 1 is 0.957 bits per heavy atom. The molecule has 0 amide bonds. The van der Waals surface area contributed by atoms with Crippen molar-refractivity contribution in [2.24, 2.45) is 5.41 Å². The molecule has 0 bridgehead atoms. The van der Waals surface area contributed by atoms with Gasteiger partial charge < -0.3 is 4.74 Å². The molecule has 0 radical (unpaired) electrons. The number of hydrogen-bond donors (Lipinski definition) is 0. The van der Waals surface area contributed by atoms with Crippen molar-refractivity contribution in [2.75, 3.05) is 6.61 Å². The Hall–Kier alpha value is -2.09. The zero-order chi connectivity index (χ0) is 16.7. The highest BCUT2D eigenvalue weighted by molar-refractivity contribution is 5.70. The number of hydrogen-bond acceptors (Lipinski definition) is 2. The molecule has 0 saturated heterocycles. The summed E-state index contributed by atoms with van der Waals surface area (Å²) in [7, 11) is 0. The lowest BCUT2D eigenvalue weighted by molar-refractivity contribution is -0.145. The molecule has 0 aliphatic rings. The fourth-order valence-corrected chi connectivity index (χ4v) is 2.67. The first kappa shape index (κ1) is 17.3. The zero-order valence-corrected chi connectivity index (χ0v) is 14.3. The van der Waals surface area contributed by atoms with Crippen LogP contribution >= 0.6 is 0 Å². The van der Waals surface area contributed by atoms with Crippen LogP contribution in [0.4, 0.5) is 0 Å². The number of esters is 1. The normalized spacial score (nSPS) is 11.3. The maximum Gasteiger partial charge on any atom is 0.306 e. The van der Waals surface area contributed by atoms with Gasteiger partial charge in [0.1, 0.15) is 0 Å². The summed E-state index contributed by atoms with van der Waals surface area (Å²) in [4.78, 5) is 11.6. The minimum atomic E-state index is -0.100. The molecule has 23 heavy (non-hydrogen) atoms. The van der Waals surface area contributed by atoms with E-state index >= 15 is 0 Å². The standard InChI is InChI=1S/C21H26O2/c1-4-23-20(22)16-21(2,3)15-14-17-10-12-19(13-11-17)18-8-6-5-7-9-18/h5-13H,4,14-16H2,1-3H3. The second kappa shape index (κ2) is 7.96. The quantitative estimate of drug-likeness (QED) is 0.652. The highest BCUT2D eigenvalue weighted by Crippen LogP contribution is 2.28. The van der Waals surface area contributed by atoms with E-state index in [1.807, 2.05) is 13.0 Å². The molecule has 2 heteroatoms. The highest BCUT2D eigenvalue weighted by Gasteiger charge is 2.22. The molecule has 2 aromatic carbocycles. The fraction of sp³-hybridized carbons (Fsp3) is 0.381. The van der Waals surface area contributed by atoms with E-state index in [4.69, 9.17) is 4.74 Å². The Balaban J connectivity index is 1.92. The zero-order valence-electron chi connectivity index (χ0n) is 14.3. The van der Waals surface area contributed by atoms with Gasteiger partial charge in [-0.15, -0.1) is 0 Å². The van der Waals surface area contributed by atoms with Gasteiger partial charge in [-0.1, -0.05) is 68.4 Å². The summed E-state index contributed by atoms with van der Waals surface area (Å²) in [5.41, 5.74) is 3.74. The summed E-state index contributed by atoms with van der Waals surface area (Å²) in [6.45, 7) is 6.56. The lowest BCUT2D eigenvalue weighted by atomic mass is 9.83. The van der Waals surface area contributed by atoms with Crippen LogP contribution in [0.2, 0.25) is 0 Å². The smallest absolute Gasteiger partial charge is 0.306 e. The molecule has 0 unspecified atom stereocenters. The van der Waals surface area contributed by atoms with Crippen LogP contribution in [0.1, 0.15) is 39.2 Å². The van der Waals surface area contributed by atoms with E-state index in [0.717, 1.165) is 12.8 Å². The monoisotopic (exact) mass is 310 g/mol. The third-order valence-electron chi connectivity index (χ3n) is 4.08. The maximum absolute atomic E-state index is 11.6. The molecule has 2 nitrogen and oxygen atoms in total. The average Bonchev–Trinajstić information content (AvgIpc) is 2.54. The first-order chi connectivity index (χ1) is 11.0. The summed E-state index contributed by atoms with van der Waals surface area (Å²) in [5.74, 6) is -0.100. The first-order valence-corrected chi connectivity index (χ1v) is 8.30. The van der Waals surface area contributed by atoms with Gasteiger partial charge in [0.05, 0.1) is 13.0 Å². The van der Waals surface area contributed by atoms with E-state index in [1.165, 1.54) is 16.7 Å². The molecule has 0 aliphatic carbocycles. The Morgan fingerprint density at radius 3 is 2.17 bits per heavy atom. The number of aryl methyl sites for hydroxylation is 1. The van der Waals surface area contributed by atoms with Crippen LogP contribution < -0.4 is 0 Å². The topological polar surface area (TPSA) is 26.3 Å². The molecule has 2 aromatic rings. The molecule has 0 saturated carbocycles. The summed E-state index contributed by atoms with van der Waals surface area (Å²) in [6, 6.07) is 19.1. The molecule has 0 N–H and O–H groups in total. The maximum atomic E-state index is 11.6. The Kier molecular flexibility index (Phi) is 5.97. The van der Waals surface area contributed by atoms with E-state index in [9.17, 15) is 4.79 Å². The van der Waals surface area contributed by atoms with Crippen LogP contribution in [0.5, 0.6) is 0 Å². The molecule has 2 rings (SSSR count). The van der Waals surface area contributed by atoms with Crippen LogP contribution in [0.3, 0.4) is 0 Å². The Labute approximate surface area is 139 Å². The molecule has 0 aromatic heterocycles. The largest absolute Gasteiger partial charge is 0.466 e. The molecule has 0 aliphatic heterocycles. The van der Waals surface area contributed by atoms with E-state index in [0.29, 0.717) is 13.0 Å². The predicted octanol–water partition coefficient (Wildman–Crippen LogP) is 5.27. The van der Waals surface area contributed by atoms with Gasteiger partial charge in [0.25, 0.3) is 0 Å². The lowest BCUT2D eigenvalue weighted by Gasteiger charge is -2.23. The van der Waals surface area contributed by atoms with Gasteiger partial charge in [0.15, 0.2) is 0 Å². The van der Waals surface area contributed by atoms with Crippen molar-refractivity contribution in [3.63, 3.8) is 0 Å². The predicted molar refractivity (Wildman–Crippen MR) is 95.2 cm³/mol. The van der Waals surface area contributed by atoms with Crippen LogP contribution in [-0.2, 0) is 16.0 Å².